The third-order valence-corrected chi connectivity index (χ3v) is 3.16. The standard InChI is InChI=1S/C15H18O/c1-3-13(16)10-15-11(2)8-9-12-6-4-5-7-14(12)15/h4-7,10,13,16H,2-3,8-9H2,1H3/b15-10-. The van der Waals surface area contributed by atoms with E-state index in [0.717, 1.165) is 30.4 Å². The Morgan fingerprint density at radius 2 is 2.12 bits per heavy atom. The molecule has 2 rings (SSSR count). The molecule has 16 heavy (non-hydrogen) atoms. The van der Waals surface area contributed by atoms with Crippen LogP contribution in [-0.2, 0) is 6.42 Å². The lowest BCUT2D eigenvalue weighted by atomic mass is 9.83. The predicted molar refractivity (Wildman–Crippen MR) is 68.2 cm³/mol. The van der Waals surface area contributed by atoms with E-state index in [9.17, 15) is 5.11 Å². The van der Waals surface area contributed by atoms with Crippen LogP contribution in [0.15, 0.2) is 42.5 Å². The Balaban J connectivity index is 2.44. The molecule has 1 aliphatic carbocycles. The van der Waals surface area contributed by atoms with Crippen LogP contribution in [0.1, 0.15) is 30.9 Å². The Morgan fingerprint density at radius 1 is 1.38 bits per heavy atom. The van der Waals surface area contributed by atoms with E-state index in [1.807, 2.05) is 19.1 Å². The van der Waals surface area contributed by atoms with Crippen molar-refractivity contribution in [1.82, 2.24) is 0 Å². The summed E-state index contributed by atoms with van der Waals surface area (Å²) in [6.45, 7) is 6.09. The third kappa shape index (κ3) is 2.10. The molecule has 1 atom stereocenters. The van der Waals surface area contributed by atoms with Gasteiger partial charge in [0.15, 0.2) is 0 Å². The fourth-order valence-electron chi connectivity index (χ4n) is 2.13. The molecular weight excluding hydrogens is 196 g/mol. The molecule has 0 heterocycles. The summed E-state index contributed by atoms with van der Waals surface area (Å²) in [4.78, 5) is 0. The predicted octanol–water partition coefficient (Wildman–Crippen LogP) is 3.34. The largest absolute Gasteiger partial charge is 0.389 e. The minimum absolute atomic E-state index is 0.363. The Morgan fingerprint density at radius 3 is 2.88 bits per heavy atom. The molecule has 0 saturated heterocycles. The minimum atomic E-state index is -0.363. The zero-order valence-corrected chi connectivity index (χ0v) is 9.74. The summed E-state index contributed by atoms with van der Waals surface area (Å²) in [5, 5.41) is 9.74. The maximum atomic E-state index is 9.74. The molecule has 1 nitrogen and oxygen atoms in total. The molecule has 0 bridgehead atoms. The molecule has 0 radical (unpaired) electrons. The van der Waals surface area contributed by atoms with Gasteiger partial charge >= 0.3 is 0 Å². The van der Waals surface area contributed by atoms with Gasteiger partial charge in [0.05, 0.1) is 6.10 Å². The van der Waals surface area contributed by atoms with Gasteiger partial charge in [-0.1, -0.05) is 37.8 Å². The van der Waals surface area contributed by atoms with Crippen LogP contribution in [0, 0.1) is 0 Å². The lowest BCUT2D eigenvalue weighted by Crippen LogP contribution is -2.08. The number of hydrogen-bond donors (Lipinski definition) is 1. The SMILES string of the molecule is C=C1CCc2ccccc2/C1=C\C(O)CC. The normalized spacial score (nSPS) is 19.6. The van der Waals surface area contributed by atoms with E-state index in [4.69, 9.17) is 0 Å². The van der Waals surface area contributed by atoms with Crippen molar-refractivity contribution in [2.75, 3.05) is 0 Å². The average molecular weight is 214 g/mol. The first kappa shape index (κ1) is 11.2. The highest BCUT2D eigenvalue weighted by Crippen LogP contribution is 2.34. The summed E-state index contributed by atoms with van der Waals surface area (Å²) < 4.78 is 0. The van der Waals surface area contributed by atoms with Gasteiger partial charge in [0.1, 0.15) is 0 Å². The molecule has 84 valence electrons. The average Bonchev–Trinajstić information content (AvgIpc) is 2.32. The zero-order valence-electron chi connectivity index (χ0n) is 9.74. The summed E-state index contributed by atoms with van der Waals surface area (Å²) in [7, 11) is 0. The van der Waals surface area contributed by atoms with Crippen LogP contribution in [0.3, 0.4) is 0 Å². The van der Waals surface area contributed by atoms with Crippen molar-refractivity contribution in [2.24, 2.45) is 0 Å². The molecule has 0 amide bonds. The van der Waals surface area contributed by atoms with E-state index in [-0.39, 0.29) is 6.10 Å². The van der Waals surface area contributed by atoms with Crippen molar-refractivity contribution in [3.05, 3.63) is 53.6 Å². The molecule has 0 aromatic heterocycles. The van der Waals surface area contributed by atoms with Gasteiger partial charge in [0.2, 0.25) is 0 Å². The molecular formula is C15H18O. The molecule has 0 fully saturated rings. The zero-order chi connectivity index (χ0) is 11.5. The number of rotatable bonds is 2. The highest BCUT2D eigenvalue weighted by molar-refractivity contribution is 5.82. The van der Waals surface area contributed by atoms with Crippen LogP contribution < -0.4 is 0 Å². The molecule has 0 saturated carbocycles. The second-order valence-corrected chi connectivity index (χ2v) is 4.32. The van der Waals surface area contributed by atoms with E-state index in [2.05, 4.69) is 24.8 Å². The van der Waals surface area contributed by atoms with E-state index >= 15 is 0 Å². The van der Waals surface area contributed by atoms with Crippen LogP contribution >= 0.6 is 0 Å². The van der Waals surface area contributed by atoms with E-state index < -0.39 is 0 Å². The van der Waals surface area contributed by atoms with Crippen LogP contribution in [-0.4, -0.2) is 11.2 Å². The number of fused-ring (bicyclic) bond motifs is 1. The summed E-state index contributed by atoms with van der Waals surface area (Å²) in [5.41, 5.74) is 4.89. The number of hydrogen-bond acceptors (Lipinski definition) is 1. The Bertz CT molecular complexity index is 429. The van der Waals surface area contributed by atoms with Crippen molar-refractivity contribution in [3.8, 4) is 0 Å². The second kappa shape index (κ2) is 4.67. The molecule has 0 aliphatic heterocycles. The highest BCUT2D eigenvalue weighted by atomic mass is 16.3. The second-order valence-electron chi connectivity index (χ2n) is 4.32. The number of aliphatic hydroxyl groups excluding tert-OH is 1. The summed E-state index contributed by atoms with van der Waals surface area (Å²) in [6.07, 6.45) is 4.39. The first-order chi connectivity index (χ1) is 7.72. The fourth-order valence-corrected chi connectivity index (χ4v) is 2.13. The molecule has 1 aromatic rings. The first-order valence-electron chi connectivity index (χ1n) is 5.88. The topological polar surface area (TPSA) is 20.2 Å². The van der Waals surface area contributed by atoms with Gasteiger partial charge in [-0.3, -0.25) is 0 Å². The molecule has 1 heteroatoms. The van der Waals surface area contributed by atoms with Gasteiger partial charge in [-0.2, -0.15) is 0 Å². The van der Waals surface area contributed by atoms with Crippen molar-refractivity contribution in [1.29, 1.82) is 0 Å². The number of allylic oxidation sites excluding steroid dienone is 2. The first-order valence-corrected chi connectivity index (χ1v) is 5.88. The van der Waals surface area contributed by atoms with E-state index in [0.29, 0.717) is 0 Å². The van der Waals surface area contributed by atoms with Crippen molar-refractivity contribution in [2.45, 2.75) is 32.3 Å². The smallest absolute Gasteiger partial charge is 0.0727 e. The van der Waals surface area contributed by atoms with Crippen molar-refractivity contribution in [3.63, 3.8) is 0 Å². The molecule has 1 N–H and O–H groups in total. The summed E-state index contributed by atoms with van der Waals surface area (Å²) in [5.74, 6) is 0. The van der Waals surface area contributed by atoms with Crippen LogP contribution in [0.25, 0.3) is 5.57 Å². The molecule has 1 aromatic carbocycles. The Hall–Kier alpha value is -1.34. The van der Waals surface area contributed by atoms with E-state index in [1.54, 1.807) is 0 Å². The maximum Gasteiger partial charge on any atom is 0.0727 e. The monoisotopic (exact) mass is 214 g/mol. The molecule has 0 spiro atoms. The minimum Gasteiger partial charge on any atom is -0.389 e. The van der Waals surface area contributed by atoms with E-state index in [1.165, 1.54) is 11.1 Å². The maximum absolute atomic E-state index is 9.74. The molecule has 1 aliphatic rings. The summed E-state index contributed by atoms with van der Waals surface area (Å²) in [6, 6.07) is 8.40. The van der Waals surface area contributed by atoms with Gasteiger partial charge in [0.25, 0.3) is 0 Å². The van der Waals surface area contributed by atoms with Crippen LogP contribution in [0.4, 0.5) is 0 Å². The van der Waals surface area contributed by atoms with Crippen molar-refractivity contribution >= 4 is 5.57 Å². The quantitative estimate of drug-likeness (QED) is 0.800. The van der Waals surface area contributed by atoms with Gasteiger partial charge in [0, 0.05) is 0 Å². The van der Waals surface area contributed by atoms with Crippen molar-refractivity contribution < 1.29 is 5.11 Å². The highest BCUT2D eigenvalue weighted by Gasteiger charge is 2.17. The van der Waals surface area contributed by atoms with Gasteiger partial charge < -0.3 is 5.11 Å². The molecule has 1 unspecified atom stereocenters. The fraction of sp³-hybridized carbons (Fsp3) is 0.333. The Labute approximate surface area is 97.1 Å². The summed E-state index contributed by atoms with van der Waals surface area (Å²) >= 11 is 0. The van der Waals surface area contributed by atoms with Crippen LogP contribution in [0.5, 0.6) is 0 Å². The third-order valence-electron chi connectivity index (χ3n) is 3.16. The number of benzene rings is 1. The van der Waals surface area contributed by atoms with Gasteiger partial charge in [-0.05, 0) is 47.6 Å². The van der Waals surface area contributed by atoms with Crippen LogP contribution in [0.2, 0.25) is 0 Å². The lowest BCUT2D eigenvalue weighted by Gasteiger charge is -2.22. The van der Waals surface area contributed by atoms with Gasteiger partial charge in [-0.15, -0.1) is 0 Å². The number of aryl methyl sites for hydroxylation is 1. The number of aliphatic hydroxyl groups is 1. The lowest BCUT2D eigenvalue weighted by molar-refractivity contribution is 0.219. The Kier molecular flexibility index (Phi) is 3.25. The van der Waals surface area contributed by atoms with Gasteiger partial charge in [-0.25, -0.2) is 0 Å².